The van der Waals surface area contributed by atoms with Crippen LogP contribution in [0, 0.1) is 5.92 Å². The highest BCUT2D eigenvalue weighted by atomic mass is 16.3. The van der Waals surface area contributed by atoms with Crippen LogP contribution in [-0.4, -0.2) is 73.0 Å². The van der Waals surface area contributed by atoms with Crippen molar-refractivity contribution in [3.05, 3.63) is 0 Å². The maximum absolute atomic E-state index is 12.8. The zero-order valence-electron chi connectivity index (χ0n) is 19.3. The number of carbonyl (C=O) groups is 4. The van der Waals surface area contributed by atoms with Crippen molar-refractivity contribution in [3.63, 3.8) is 0 Å². The molecule has 10 N–H and O–H groups in total. The quantitative estimate of drug-likeness (QED) is 0.0925. The lowest BCUT2D eigenvalue weighted by Gasteiger charge is -2.24. The molecule has 11 heteroatoms. The number of unbranched alkanes of at least 4 members (excludes halogenated alkanes) is 2. The van der Waals surface area contributed by atoms with Gasteiger partial charge in [-0.25, -0.2) is 0 Å². The van der Waals surface area contributed by atoms with Gasteiger partial charge >= 0.3 is 0 Å². The van der Waals surface area contributed by atoms with Crippen LogP contribution in [-0.2, 0) is 19.2 Å². The van der Waals surface area contributed by atoms with E-state index in [-0.39, 0.29) is 5.92 Å². The average Bonchev–Trinajstić information content (AvgIpc) is 2.75. The number of aldehydes is 1. The third-order valence-electron chi connectivity index (χ3n) is 4.92. The van der Waals surface area contributed by atoms with Crippen molar-refractivity contribution in [3.8, 4) is 0 Å². The van der Waals surface area contributed by atoms with Gasteiger partial charge in [0.05, 0.1) is 18.7 Å². The summed E-state index contributed by atoms with van der Waals surface area (Å²) in [6, 6.07) is -3.70. The minimum absolute atomic E-state index is 0.170. The smallest absolute Gasteiger partial charge is 0.245 e. The maximum Gasteiger partial charge on any atom is 0.245 e. The number of nitrogens with two attached hydrogens (primary N) is 3. The molecule has 11 nitrogen and oxygen atoms in total. The van der Waals surface area contributed by atoms with Gasteiger partial charge in [-0.1, -0.05) is 20.3 Å². The lowest BCUT2D eigenvalue weighted by molar-refractivity contribution is -0.133. The van der Waals surface area contributed by atoms with Crippen LogP contribution in [0.25, 0.3) is 0 Å². The number of aliphatic hydroxyl groups excluding tert-OH is 1. The molecule has 3 amide bonds. The summed E-state index contributed by atoms with van der Waals surface area (Å²) in [5.41, 5.74) is 16.9. The molecular weight excluding hydrogens is 416 g/mol. The molecule has 0 saturated carbocycles. The van der Waals surface area contributed by atoms with Gasteiger partial charge in [-0.3, -0.25) is 14.4 Å². The van der Waals surface area contributed by atoms with Crippen LogP contribution < -0.4 is 33.2 Å². The van der Waals surface area contributed by atoms with E-state index in [9.17, 15) is 24.3 Å². The zero-order chi connectivity index (χ0) is 24.5. The Morgan fingerprint density at radius 2 is 1.38 bits per heavy atom. The Labute approximate surface area is 190 Å². The van der Waals surface area contributed by atoms with E-state index < -0.39 is 48.5 Å². The number of hydrogen-bond donors (Lipinski definition) is 7. The van der Waals surface area contributed by atoms with Gasteiger partial charge in [0, 0.05) is 0 Å². The Balaban J connectivity index is 5.08. The van der Waals surface area contributed by atoms with Crippen molar-refractivity contribution < 1.29 is 24.3 Å². The monoisotopic (exact) mass is 458 g/mol. The van der Waals surface area contributed by atoms with E-state index in [4.69, 9.17) is 17.2 Å². The molecule has 4 atom stereocenters. The molecule has 32 heavy (non-hydrogen) atoms. The summed E-state index contributed by atoms with van der Waals surface area (Å²) in [5.74, 6) is -1.60. The fraction of sp³-hybridized carbons (Fsp3) is 0.810. The molecule has 0 aromatic rings. The van der Waals surface area contributed by atoms with Gasteiger partial charge in [-0.15, -0.1) is 0 Å². The summed E-state index contributed by atoms with van der Waals surface area (Å²) >= 11 is 0. The van der Waals surface area contributed by atoms with Gasteiger partial charge in [0.1, 0.15) is 18.4 Å². The number of hydrogen-bond acceptors (Lipinski definition) is 8. The highest BCUT2D eigenvalue weighted by Gasteiger charge is 2.28. The van der Waals surface area contributed by atoms with E-state index in [1.165, 1.54) is 0 Å². The highest BCUT2D eigenvalue weighted by molar-refractivity contribution is 5.93. The van der Waals surface area contributed by atoms with Crippen LogP contribution >= 0.6 is 0 Å². The van der Waals surface area contributed by atoms with Crippen molar-refractivity contribution in [2.75, 3.05) is 19.7 Å². The summed E-state index contributed by atoms with van der Waals surface area (Å²) in [7, 11) is 0. The second kappa shape index (κ2) is 17.5. The molecule has 0 unspecified atom stereocenters. The molecule has 0 aromatic carbocycles. The highest BCUT2D eigenvalue weighted by Crippen LogP contribution is 2.06. The van der Waals surface area contributed by atoms with Crippen molar-refractivity contribution in [2.24, 2.45) is 23.1 Å². The van der Waals surface area contributed by atoms with Gasteiger partial charge in [-0.2, -0.15) is 0 Å². The molecule has 0 saturated heterocycles. The molecule has 0 aliphatic carbocycles. The summed E-state index contributed by atoms with van der Waals surface area (Å²) in [4.78, 5) is 48.9. The fourth-order valence-corrected chi connectivity index (χ4v) is 3.09. The first-order chi connectivity index (χ1) is 15.2. The average molecular weight is 459 g/mol. The SMILES string of the molecule is CC(C)C[C@@H](C=O)NC(=O)[C@H](CO)NC(=O)[C@H](CCCCN)NC(=O)[C@@H](N)CCCCN. The number of nitrogens with one attached hydrogen (secondary N) is 3. The molecule has 0 fully saturated rings. The van der Waals surface area contributed by atoms with Crippen LogP contribution in [0.4, 0.5) is 0 Å². The molecule has 0 aromatic heterocycles. The largest absolute Gasteiger partial charge is 0.394 e. The number of aliphatic hydroxyl groups is 1. The lowest BCUT2D eigenvalue weighted by Crippen LogP contribution is -2.57. The second-order valence-electron chi connectivity index (χ2n) is 8.36. The van der Waals surface area contributed by atoms with E-state index >= 15 is 0 Å². The molecule has 186 valence electrons. The summed E-state index contributed by atoms with van der Waals surface area (Å²) in [6.45, 7) is 4.09. The van der Waals surface area contributed by atoms with Gasteiger partial charge in [0.2, 0.25) is 17.7 Å². The minimum Gasteiger partial charge on any atom is -0.394 e. The summed E-state index contributed by atoms with van der Waals surface area (Å²) in [5, 5.41) is 17.2. The third kappa shape index (κ3) is 12.7. The second-order valence-corrected chi connectivity index (χ2v) is 8.36. The van der Waals surface area contributed by atoms with Crippen LogP contribution in [0.2, 0.25) is 0 Å². The topological polar surface area (TPSA) is 203 Å². The van der Waals surface area contributed by atoms with Crippen LogP contribution in [0.5, 0.6) is 0 Å². The summed E-state index contributed by atoms with van der Waals surface area (Å²) < 4.78 is 0. The van der Waals surface area contributed by atoms with Crippen LogP contribution in [0.3, 0.4) is 0 Å². The number of rotatable bonds is 18. The Bertz CT molecular complexity index is 575. The molecule has 0 rings (SSSR count). The van der Waals surface area contributed by atoms with Gasteiger partial charge in [-0.05, 0) is 57.5 Å². The van der Waals surface area contributed by atoms with E-state index in [2.05, 4.69) is 16.0 Å². The standard InChI is InChI=1S/C21H42N6O5/c1-14(2)11-15(12-28)25-21(32)18(13-29)27-20(31)17(8-4-6-10-23)26-19(30)16(24)7-3-5-9-22/h12,14-18,29H,3-11,13,22-24H2,1-2H3,(H,25,32)(H,26,30)(H,27,31)/t15-,16-,17-,18-/m0/s1. The number of amides is 3. The third-order valence-corrected chi connectivity index (χ3v) is 4.92. The zero-order valence-corrected chi connectivity index (χ0v) is 19.3. The van der Waals surface area contributed by atoms with Crippen molar-refractivity contribution in [1.29, 1.82) is 0 Å². The van der Waals surface area contributed by atoms with E-state index in [1.54, 1.807) is 0 Å². The first-order valence-electron chi connectivity index (χ1n) is 11.3. The molecule has 0 heterocycles. The Morgan fingerprint density at radius 1 is 0.844 bits per heavy atom. The van der Waals surface area contributed by atoms with E-state index in [0.717, 1.165) is 6.42 Å². The normalized spacial score (nSPS) is 14.8. The molecule has 0 bridgehead atoms. The first kappa shape index (κ1) is 29.9. The van der Waals surface area contributed by atoms with Crippen LogP contribution in [0.1, 0.15) is 58.8 Å². The first-order valence-corrected chi connectivity index (χ1v) is 11.3. The summed E-state index contributed by atoms with van der Waals surface area (Å²) in [6.07, 6.45) is 4.46. The van der Waals surface area contributed by atoms with Crippen LogP contribution in [0.15, 0.2) is 0 Å². The van der Waals surface area contributed by atoms with Gasteiger partial charge < -0.3 is 43.1 Å². The van der Waals surface area contributed by atoms with E-state index in [0.29, 0.717) is 57.9 Å². The predicted molar refractivity (Wildman–Crippen MR) is 122 cm³/mol. The van der Waals surface area contributed by atoms with Crippen molar-refractivity contribution in [1.82, 2.24) is 16.0 Å². The molecule has 0 aliphatic heterocycles. The molecule has 0 spiro atoms. The Morgan fingerprint density at radius 3 is 1.88 bits per heavy atom. The predicted octanol–water partition coefficient (Wildman–Crippen LogP) is -1.74. The van der Waals surface area contributed by atoms with Crippen molar-refractivity contribution >= 4 is 24.0 Å². The van der Waals surface area contributed by atoms with Crippen molar-refractivity contribution in [2.45, 2.75) is 83.0 Å². The van der Waals surface area contributed by atoms with Gasteiger partial charge in [0.15, 0.2) is 0 Å². The fourth-order valence-electron chi connectivity index (χ4n) is 3.09. The molecule has 0 aliphatic rings. The Hall–Kier alpha value is -2.08. The lowest BCUT2D eigenvalue weighted by atomic mass is 10.0. The number of carbonyl (C=O) groups excluding carboxylic acids is 4. The molecular formula is C21H42N6O5. The minimum atomic E-state index is -1.26. The van der Waals surface area contributed by atoms with Gasteiger partial charge in [0.25, 0.3) is 0 Å². The van der Waals surface area contributed by atoms with E-state index in [1.807, 2.05) is 13.8 Å². The Kier molecular flexibility index (Phi) is 16.3. The molecule has 0 radical (unpaired) electrons. The maximum atomic E-state index is 12.8.